The maximum Gasteiger partial charge on any atom is 0.305 e. The van der Waals surface area contributed by atoms with Gasteiger partial charge >= 0.3 is 5.97 Å². The molecule has 0 aromatic carbocycles. The third-order valence-electron chi connectivity index (χ3n) is 19.7. The van der Waals surface area contributed by atoms with Crippen molar-refractivity contribution in [3.05, 3.63) is 24.3 Å². The molecule has 0 heterocycles. The lowest BCUT2D eigenvalue weighted by atomic mass is 10.0. The van der Waals surface area contributed by atoms with Gasteiger partial charge in [0.15, 0.2) is 0 Å². The second-order valence-electron chi connectivity index (χ2n) is 28.8. The third-order valence-corrected chi connectivity index (χ3v) is 19.7. The van der Waals surface area contributed by atoms with Gasteiger partial charge in [0, 0.05) is 12.8 Å². The summed E-state index contributed by atoms with van der Waals surface area (Å²) in [6.07, 6.45) is 103. The van der Waals surface area contributed by atoms with Crippen LogP contribution in [0.25, 0.3) is 0 Å². The van der Waals surface area contributed by atoms with E-state index in [0.29, 0.717) is 25.9 Å². The molecule has 534 valence electrons. The Balaban J connectivity index is 3.33. The lowest BCUT2D eigenvalue weighted by Crippen LogP contribution is -2.45. The normalized spacial score (nSPS) is 12.5. The van der Waals surface area contributed by atoms with E-state index in [0.717, 1.165) is 44.9 Å². The lowest BCUT2D eigenvalue weighted by Gasteiger charge is -2.22. The summed E-state index contributed by atoms with van der Waals surface area (Å²) in [6, 6.07) is -0.539. The molecule has 0 saturated carbocycles. The molecule has 0 saturated heterocycles. The Morgan fingerprint density at radius 1 is 0.300 bits per heavy atom. The summed E-state index contributed by atoms with van der Waals surface area (Å²) in [4.78, 5) is 24.6. The zero-order chi connectivity index (χ0) is 64.9. The summed E-state index contributed by atoms with van der Waals surface area (Å²) in [6.45, 7) is 4.98. The SMILES string of the molecule is CCCCC/C=C\CCCCCCCC(=O)OCCCCCCCCCCCCCCCCCCCC/C=C\CCCCCCCCCCCCCCCCCCCC(=O)NC(CO)C(O)CCCCCCCCCCCCCCCCCCCCCCCC. The molecule has 2 atom stereocenters. The van der Waals surface area contributed by atoms with Crippen molar-refractivity contribution in [1.29, 1.82) is 0 Å². The molecule has 3 N–H and O–H groups in total. The maximum absolute atomic E-state index is 12.6. The van der Waals surface area contributed by atoms with Crippen LogP contribution < -0.4 is 5.32 Å². The minimum absolute atomic E-state index is 0.0132. The summed E-state index contributed by atoms with van der Waals surface area (Å²) in [5, 5.41) is 23.5. The molecular formula is C84H163NO5. The molecule has 0 bridgehead atoms. The quantitative estimate of drug-likeness (QED) is 0.0320. The van der Waals surface area contributed by atoms with Crippen molar-refractivity contribution in [3.63, 3.8) is 0 Å². The number of carbonyl (C=O) groups is 2. The zero-order valence-corrected chi connectivity index (χ0v) is 61.4. The molecule has 0 aromatic rings. The predicted octanol–water partition coefficient (Wildman–Crippen LogP) is 27.6. The Labute approximate surface area is 564 Å². The summed E-state index contributed by atoms with van der Waals surface area (Å²) in [5.41, 5.74) is 0. The molecule has 6 nitrogen and oxygen atoms in total. The van der Waals surface area contributed by atoms with Crippen molar-refractivity contribution >= 4 is 11.9 Å². The van der Waals surface area contributed by atoms with Crippen molar-refractivity contribution < 1.29 is 24.5 Å². The molecule has 1 amide bonds. The van der Waals surface area contributed by atoms with E-state index >= 15 is 0 Å². The van der Waals surface area contributed by atoms with Crippen LogP contribution in [-0.4, -0.2) is 47.4 Å². The lowest BCUT2D eigenvalue weighted by molar-refractivity contribution is -0.143. The summed E-state index contributed by atoms with van der Waals surface area (Å²) < 4.78 is 5.48. The summed E-state index contributed by atoms with van der Waals surface area (Å²) in [7, 11) is 0. The molecule has 0 aliphatic heterocycles. The van der Waals surface area contributed by atoms with E-state index in [-0.39, 0.29) is 18.5 Å². The second kappa shape index (κ2) is 79.8. The number of allylic oxidation sites excluding steroid dienone is 4. The zero-order valence-electron chi connectivity index (χ0n) is 61.4. The Morgan fingerprint density at radius 2 is 0.522 bits per heavy atom. The minimum atomic E-state index is -0.662. The van der Waals surface area contributed by atoms with E-state index in [2.05, 4.69) is 43.5 Å². The number of aliphatic hydroxyl groups is 2. The first-order valence-electron chi connectivity index (χ1n) is 41.6. The van der Waals surface area contributed by atoms with Crippen LogP contribution in [0.2, 0.25) is 0 Å². The van der Waals surface area contributed by atoms with Crippen LogP contribution >= 0.6 is 0 Å². The molecule has 0 fully saturated rings. The van der Waals surface area contributed by atoms with Gasteiger partial charge in [-0.2, -0.15) is 0 Å². The van der Waals surface area contributed by atoms with Crippen molar-refractivity contribution in [1.82, 2.24) is 5.32 Å². The predicted molar refractivity (Wildman–Crippen MR) is 398 cm³/mol. The molecule has 6 heteroatoms. The molecule has 0 spiro atoms. The average molecular weight is 1270 g/mol. The van der Waals surface area contributed by atoms with Gasteiger partial charge in [-0.25, -0.2) is 0 Å². The number of nitrogens with one attached hydrogen (secondary N) is 1. The van der Waals surface area contributed by atoms with Gasteiger partial charge in [0.2, 0.25) is 5.91 Å². The van der Waals surface area contributed by atoms with Gasteiger partial charge in [0.1, 0.15) is 0 Å². The molecule has 90 heavy (non-hydrogen) atoms. The van der Waals surface area contributed by atoms with Crippen molar-refractivity contribution in [2.24, 2.45) is 0 Å². The number of unbranched alkanes of at least 4 members (excludes halogenated alkanes) is 64. The van der Waals surface area contributed by atoms with E-state index < -0.39 is 12.1 Å². The van der Waals surface area contributed by atoms with Crippen LogP contribution in [-0.2, 0) is 14.3 Å². The van der Waals surface area contributed by atoms with E-state index in [1.807, 2.05) is 0 Å². The van der Waals surface area contributed by atoms with E-state index in [1.54, 1.807) is 0 Å². The Morgan fingerprint density at radius 3 is 0.811 bits per heavy atom. The maximum atomic E-state index is 12.6. The number of carbonyl (C=O) groups excluding carboxylic acids is 2. The Hall–Kier alpha value is -1.66. The number of hydrogen-bond donors (Lipinski definition) is 3. The first-order chi connectivity index (χ1) is 44.5. The van der Waals surface area contributed by atoms with Crippen molar-refractivity contribution in [2.75, 3.05) is 13.2 Å². The van der Waals surface area contributed by atoms with Gasteiger partial charge in [-0.15, -0.1) is 0 Å². The number of rotatable bonds is 79. The van der Waals surface area contributed by atoms with Crippen LogP contribution in [0.3, 0.4) is 0 Å². The van der Waals surface area contributed by atoms with E-state index in [1.165, 1.54) is 398 Å². The Bertz CT molecular complexity index is 1410. The van der Waals surface area contributed by atoms with Crippen molar-refractivity contribution in [3.8, 4) is 0 Å². The largest absolute Gasteiger partial charge is 0.466 e. The second-order valence-corrected chi connectivity index (χ2v) is 28.8. The molecule has 0 radical (unpaired) electrons. The van der Waals surface area contributed by atoms with E-state index in [9.17, 15) is 19.8 Å². The van der Waals surface area contributed by atoms with Crippen LogP contribution in [0.15, 0.2) is 24.3 Å². The van der Waals surface area contributed by atoms with Gasteiger partial charge in [-0.05, 0) is 77.0 Å². The third kappa shape index (κ3) is 75.4. The van der Waals surface area contributed by atoms with Gasteiger partial charge in [-0.3, -0.25) is 9.59 Å². The highest BCUT2D eigenvalue weighted by Crippen LogP contribution is 2.20. The number of ether oxygens (including phenoxy) is 1. The van der Waals surface area contributed by atoms with Crippen LogP contribution in [0.1, 0.15) is 476 Å². The molecule has 0 aliphatic carbocycles. The summed E-state index contributed by atoms with van der Waals surface area (Å²) in [5.74, 6) is -0.0116. The molecule has 0 rings (SSSR count). The van der Waals surface area contributed by atoms with E-state index in [4.69, 9.17) is 4.74 Å². The first-order valence-corrected chi connectivity index (χ1v) is 41.6. The highest BCUT2D eigenvalue weighted by Gasteiger charge is 2.20. The molecule has 2 unspecified atom stereocenters. The molecule has 0 aromatic heterocycles. The van der Waals surface area contributed by atoms with Gasteiger partial charge in [-0.1, -0.05) is 411 Å². The number of aliphatic hydroxyl groups excluding tert-OH is 2. The highest BCUT2D eigenvalue weighted by atomic mass is 16.5. The fraction of sp³-hybridized carbons (Fsp3) is 0.929. The number of amides is 1. The fourth-order valence-corrected chi connectivity index (χ4v) is 13.4. The van der Waals surface area contributed by atoms with Gasteiger partial charge < -0.3 is 20.3 Å². The highest BCUT2D eigenvalue weighted by molar-refractivity contribution is 5.76. The minimum Gasteiger partial charge on any atom is -0.466 e. The molecular weight excluding hydrogens is 1100 g/mol. The monoisotopic (exact) mass is 1270 g/mol. The number of esters is 1. The van der Waals surface area contributed by atoms with Crippen LogP contribution in [0.5, 0.6) is 0 Å². The summed E-state index contributed by atoms with van der Waals surface area (Å²) >= 11 is 0. The Kier molecular flexibility index (Phi) is 78.3. The first kappa shape index (κ1) is 88.3. The molecule has 0 aliphatic rings. The van der Waals surface area contributed by atoms with Crippen LogP contribution in [0, 0.1) is 0 Å². The standard InChI is InChI=1S/C84H163NO5/c1-3-5-7-9-11-13-15-17-18-19-20-21-41-44-47-50-53-56-60-64-68-72-76-82(87)81(80-86)85-83(88)77-73-69-65-61-57-54-51-48-45-42-39-37-35-33-31-29-27-25-23-22-24-26-28-30-32-34-36-38-40-43-46-49-52-55-59-63-67-71-75-79-90-84(89)78-74-70-66-62-58-16-14-12-10-8-6-4-2/h12,14,22-23,81-82,86-87H,3-11,13,15-21,24-80H2,1-2H3,(H,85,88)/b14-12-,23-22-. The van der Waals surface area contributed by atoms with Crippen LogP contribution in [0.4, 0.5) is 0 Å². The van der Waals surface area contributed by atoms with Gasteiger partial charge in [0.05, 0.1) is 25.4 Å². The number of hydrogen-bond acceptors (Lipinski definition) is 5. The fourth-order valence-electron chi connectivity index (χ4n) is 13.4. The van der Waals surface area contributed by atoms with Crippen molar-refractivity contribution in [2.45, 2.75) is 488 Å². The average Bonchev–Trinajstić information content (AvgIpc) is 3.65. The topological polar surface area (TPSA) is 95.9 Å². The van der Waals surface area contributed by atoms with Gasteiger partial charge in [0.25, 0.3) is 0 Å². The smallest absolute Gasteiger partial charge is 0.305 e.